The number of rotatable bonds is 1. The van der Waals surface area contributed by atoms with Gasteiger partial charge in [-0.2, -0.15) is 0 Å². The van der Waals surface area contributed by atoms with Gasteiger partial charge >= 0.3 is 5.97 Å². The predicted octanol–water partition coefficient (Wildman–Crippen LogP) is 1.57. The van der Waals surface area contributed by atoms with E-state index in [-0.39, 0.29) is 18.1 Å². The standard InChI is InChI=1S/C10H8BrNO4/c1-15-10(14)6-2-5(11)3-7-9(6)16-4-8(13)12-7/h2-3H,4H2,1H3,(H,12,13). The van der Waals surface area contributed by atoms with E-state index in [1.807, 2.05) is 0 Å². The van der Waals surface area contributed by atoms with E-state index in [0.29, 0.717) is 15.9 Å². The lowest BCUT2D eigenvalue weighted by Crippen LogP contribution is -2.26. The number of halogens is 1. The molecule has 5 nitrogen and oxygen atoms in total. The molecule has 84 valence electrons. The van der Waals surface area contributed by atoms with Crippen LogP contribution in [0.4, 0.5) is 5.69 Å². The van der Waals surface area contributed by atoms with Gasteiger partial charge in [-0.1, -0.05) is 15.9 Å². The smallest absolute Gasteiger partial charge is 0.341 e. The lowest BCUT2D eigenvalue weighted by atomic mass is 10.1. The zero-order valence-corrected chi connectivity index (χ0v) is 9.96. The summed E-state index contributed by atoms with van der Waals surface area (Å²) in [5.74, 6) is -0.412. The lowest BCUT2D eigenvalue weighted by Gasteiger charge is -2.20. The van der Waals surface area contributed by atoms with Crippen LogP contribution in [0.2, 0.25) is 0 Å². The summed E-state index contributed by atoms with van der Waals surface area (Å²) < 4.78 is 10.5. The quantitative estimate of drug-likeness (QED) is 0.796. The van der Waals surface area contributed by atoms with Crippen LogP contribution in [0.3, 0.4) is 0 Å². The number of ether oxygens (including phenoxy) is 2. The molecule has 1 N–H and O–H groups in total. The number of anilines is 1. The molecular formula is C10H8BrNO4. The Morgan fingerprint density at radius 3 is 3.00 bits per heavy atom. The molecule has 1 aromatic carbocycles. The average Bonchev–Trinajstić information content (AvgIpc) is 2.26. The van der Waals surface area contributed by atoms with Gasteiger partial charge in [-0.15, -0.1) is 0 Å². The van der Waals surface area contributed by atoms with Crippen LogP contribution < -0.4 is 10.1 Å². The largest absolute Gasteiger partial charge is 0.481 e. The summed E-state index contributed by atoms with van der Waals surface area (Å²) in [4.78, 5) is 22.6. The fourth-order valence-electron chi connectivity index (χ4n) is 1.43. The molecule has 6 heteroatoms. The molecule has 2 rings (SSSR count). The molecule has 0 fully saturated rings. The summed E-state index contributed by atoms with van der Waals surface area (Å²) in [6.45, 7) is -0.0986. The number of hydrogen-bond donors (Lipinski definition) is 1. The third-order valence-electron chi connectivity index (χ3n) is 2.08. The van der Waals surface area contributed by atoms with Gasteiger partial charge in [0, 0.05) is 4.47 Å². The van der Waals surface area contributed by atoms with Gasteiger partial charge in [0.25, 0.3) is 5.91 Å². The van der Waals surface area contributed by atoms with Crippen LogP contribution >= 0.6 is 15.9 Å². The Kier molecular flexibility index (Phi) is 2.82. The molecule has 0 aliphatic carbocycles. The Morgan fingerprint density at radius 2 is 2.31 bits per heavy atom. The highest BCUT2D eigenvalue weighted by atomic mass is 79.9. The van der Waals surface area contributed by atoms with E-state index < -0.39 is 5.97 Å². The number of esters is 1. The van der Waals surface area contributed by atoms with Crippen molar-refractivity contribution in [2.45, 2.75) is 0 Å². The number of benzene rings is 1. The summed E-state index contributed by atoms with van der Waals surface area (Å²) >= 11 is 3.24. The first-order chi connectivity index (χ1) is 7.61. The normalized spacial score (nSPS) is 13.5. The van der Waals surface area contributed by atoms with E-state index in [1.165, 1.54) is 7.11 Å². The summed E-state index contributed by atoms with van der Waals surface area (Å²) in [5, 5.41) is 2.62. The van der Waals surface area contributed by atoms with Gasteiger partial charge < -0.3 is 14.8 Å². The molecule has 16 heavy (non-hydrogen) atoms. The molecule has 0 saturated heterocycles. The van der Waals surface area contributed by atoms with Crippen molar-refractivity contribution in [3.8, 4) is 5.75 Å². The fourth-order valence-corrected chi connectivity index (χ4v) is 1.89. The number of nitrogens with one attached hydrogen (secondary N) is 1. The highest BCUT2D eigenvalue weighted by Gasteiger charge is 2.23. The molecule has 0 bridgehead atoms. The topological polar surface area (TPSA) is 64.6 Å². The van der Waals surface area contributed by atoms with Crippen LogP contribution in [-0.4, -0.2) is 25.6 Å². The maximum absolute atomic E-state index is 11.5. The summed E-state index contributed by atoms with van der Waals surface area (Å²) in [5.41, 5.74) is 0.748. The maximum atomic E-state index is 11.5. The minimum atomic E-state index is -0.506. The zero-order chi connectivity index (χ0) is 11.7. The first-order valence-electron chi connectivity index (χ1n) is 4.46. The molecular weight excluding hydrogens is 278 g/mol. The Morgan fingerprint density at radius 1 is 1.56 bits per heavy atom. The van der Waals surface area contributed by atoms with Crippen LogP contribution in [0.25, 0.3) is 0 Å². The van der Waals surface area contributed by atoms with Crippen molar-refractivity contribution in [3.05, 3.63) is 22.2 Å². The summed E-state index contributed by atoms with van der Waals surface area (Å²) in [6.07, 6.45) is 0. The number of carbonyl (C=O) groups excluding carboxylic acids is 2. The van der Waals surface area contributed by atoms with Crippen molar-refractivity contribution in [1.82, 2.24) is 0 Å². The fraction of sp³-hybridized carbons (Fsp3) is 0.200. The van der Waals surface area contributed by atoms with Crippen molar-refractivity contribution >= 4 is 33.5 Å². The number of fused-ring (bicyclic) bond motifs is 1. The van der Waals surface area contributed by atoms with E-state index in [1.54, 1.807) is 12.1 Å². The van der Waals surface area contributed by atoms with Gasteiger partial charge in [-0.25, -0.2) is 4.79 Å². The van der Waals surface area contributed by atoms with E-state index in [9.17, 15) is 9.59 Å². The minimum absolute atomic E-state index is 0.0986. The first kappa shape index (κ1) is 10.9. The SMILES string of the molecule is COC(=O)c1cc(Br)cc2c1OCC(=O)N2. The van der Waals surface area contributed by atoms with Crippen molar-refractivity contribution in [1.29, 1.82) is 0 Å². The highest BCUT2D eigenvalue weighted by molar-refractivity contribution is 9.10. The van der Waals surface area contributed by atoms with Crippen molar-refractivity contribution in [2.75, 3.05) is 19.0 Å². The van der Waals surface area contributed by atoms with Crippen LogP contribution in [-0.2, 0) is 9.53 Å². The van der Waals surface area contributed by atoms with Crippen LogP contribution in [0.5, 0.6) is 5.75 Å². The molecule has 1 aliphatic rings. The van der Waals surface area contributed by atoms with E-state index >= 15 is 0 Å². The second kappa shape index (κ2) is 4.13. The van der Waals surface area contributed by atoms with Crippen LogP contribution in [0, 0.1) is 0 Å². The molecule has 1 aliphatic heterocycles. The van der Waals surface area contributed by atoms with E-state index in [4.69, 9.17) is 4.74 Å². The van der Waals surface area contributed by atoms with E-state index in [2.05, 4.69) is 26.0 Å². The molecule has 0 spiro atoms. The van der Waals surface area contributed by atoms with Crippen molar-refractivity contribution < 1.29 is 19.1 Å². The maximum Gasteiger partial charge on any atom is 0.341 e. The number of carbonyl (C=O) groups is 2. The molecule has 1 aromatic rings. The summed E-state index contributed by atoms with van der Waals surface area (Å²) in [7, 11) is 1.29. The molecule has 0 atom stereocenters. The third kappa shape index (κ3) is 1.88. The average molecular weight is 286 g/mol. The molecule has 0 saturated carbocycles. The first-order valence-corrected chi connectivity index (χ1v) is 5.25. The Hall–Kier alpha value is -1.56. The Labute approximate surface area is 99.9 Å². The predicted molar refractivity (Wildman–Crippen MR) is 59.6 cm³/mol. The number of amides is 1. The summed E-state index contributed by atoms with van der Waals surface area (Å²) in [6, 6.07) is 3.25. The van der Waals surface area contributed by atoms with Gasteiger partial charge in [0.15, 0.2) is 12.4 Å². The van der Waals surface area contributed by atoms with Gasteiger partial charge in [-0.05, 0) is 12.1 Å². The van der Waals surface area contributed by atoms with Gasteiger partial charge in [0.05, 0.1) is 12.8 Å². The Balaban J connectivity index is 2.54. The molecule has 0 radical (unpaired) electrons. The second-order valence-electron chi connectivity index (χ2n) is 3.16. The minimum Gasteiger partial charge on any atom is -0.481 e. The lowest BCUT2D eigenvalue weighted by molar-refractivity contribution is -0.118. The molecule has 1 heterocycles. The monoisotopic (exact) mass is 285 g/mol. The van der Waals surface area contributed by atoms with Gasteiger partial charge in [-0.3, -0.25) is 4.79 Å². The highest BCUT2D eigenvalue weighted by Crippen LogP contribution is 2.35. The van der Waals surface area contributed by atoms with Crippen LogP contribution in [0.1, 0.15) is 10.4 Å². The Bertz CT molecular complexity index is 472. The van der Waals surface area contributed by atoms with Gasteiger partial charge in [0.1, 0.15) is 5.56 Å². The zero-order valence-electron chi connectivity index (χ0n) is 8.37. The van der Waals surface area contributed by atoms with Crippen molar-refractivity contribution in [3.63, 3.8) is 0 Å². The second-order valence-corrected chi connectivity index (χ2v) is 4.07. The van der Waals surface area contributed by atoms with E-state index in [0.717, 1.165) is 0 Å². The molecule has 0 unspecified atom stereocenters. The molecule has 0 aromatic heterocycles. The third-order valence-corrected chi connectivity index (χ3v) is 2.54. The number of methoxy groups -OCH3 is 1. The van der Waals surface area contributed by atoms with Crippen molar-refractivity contribution in [2.24, 2.45) is 0 Å². The van der Waals surface area contributed by atoms with Crippen LogP contribution in [0.15, 0.2) is 16.6 Å². The molecule has 1 amide bonds. The number of hydrogen-bond acceptors (Lipinski definition) is 4. The van der Waals surface area contributed by atoms with Gasteiger partial charge in [0.2, 0.25) is 0 Å².